The summed E-state index contributed by atoms with van der Waals surface area (Å²) in [4.78, 5) is 16.5. The van der Waals surface area contributed by atoms with Gasteiger partial charge in [-0.2, -0.15) is 0 Å². The summed E-state index contributed by atoms with van der Waals surface area (Å²) in [5, 5.41) is 6.88. The molecule has 100 valence electrons. The van der Waals surface area contributed by atoms with E-state index in [9.17, 15) is 4.79 Å². The molecule has 0 bridgehead atoms. The molecule has 19 heavy (non-hydrogen) atoms. The molecule has 1 heterocycles. The van der Waals surface area contributed by atoms with E-state index in [0.717, 1.165) is 21.1 Å². The molecular weight excluding hydrogens is 306 g/mol. The molecule has 0 saturated heterocycles. The number of nitrogens with zero attached hydrogens (tertiary/aromatic N) is 1. The number of benzene rings is 1. The first-order valence-electron chi connectivity index (χ1n) is 5.98. The van der Waals surface area contributed by atoms with Crippen molar-refractivity contribution in [1.29, 1.82) is 0 Å². The molecule has 0 aliphatic rings. The van der Waals surface area contributed by atoms with E-state index in [1.54, 1.807) is 13.2 Å². The van der Waals surface area contributed by atoms with Gasteiger partial charge in [0.2, 0.25) is 5.91 Å². The van der Waals surface area contributed by atoms with Crippen LogP contribution in [0.15, 0.2) is 34.9 Å². The fraction of sp³-hybridized carbons (Fsp3) is 0.286. The van der Waals surface area contributed by atoms with Gasteiger partial charge >= 0.3 is 0 Å². The Hall–Kier alpha value is -1.46. The highest BCUT2D eigenvalue weighted by molar-refractivity contribution is 9.10. The molecule has 2 rings (SSSR count). The number of likely N-dealkylation sites (N-methyl/N-ethyl adjacent to an activating group) is 1. The van der Waals surface area contributed by atoms with Crippen LogP contribution < -0.4 is 10.6 Å². The number of halogens is 1. The first-order chi connectivity index (χ1) is 8.94. The molecular formula is C14H16BrN3O. The van der Waals surface area contributed by atoms with Crippen molar-refractivity contribution >= 4 is 38.4 Å². The van der Waals surface area contributed by atoms with E-state index in [4.69, 9.17) is 0 Å². The van der Waals surface area contributed by atoms with Crippen molar-refractivity contribution < 1.29 is 4.79 Å². The minimum absolute atomic E-state index is 0.0905. The number of rotatable bonds is 3. The SMILES string of the molecule is CNC(C)(C)C(=O)Nc1cccc2cc(Br)cnc12. The van der Waals surface area contributed by atoms with Crippen molar-refractivity contribution in [3.8, 4) is 0 Å². The van der Waals surface area contributed by atoms with Crippen LogP contribution in [0.5, 0.6) is 0 Å². The predicted octanol–water partition coefficient (Wildman–Crippen LogP) is 2.93. The molecule has 0 aliphatic heterocycles. The maximum absolute atomic E-state index is 12.2. The van der Waals surface area contributed by atoms with Crippen molar-refractivity contribution in [2.45, 2.75) is 19.4 Å². The summed E-state index contributed by atoms with van der Waals surface area (Å²) in [5.74, 6) is -0.0905. The second kappa shape index (κ2) is 5.27. The van der Waals surface area contributed by atoms with Crippen LogP contribution in [0.4, 0.5) is 5.69 Å². The van der Waals surface area contributed by atoms with E-state index in [2.05, 4.69) is 31.5 Å². The largest absolute Gasteiger partial charge is 0.323 e. The predicted molar refractivity (Wildman–Crippen MR) is 81.2 cm³/mol. The zero-order valence-electron chi connectivity index (χ0n) is 11.1. The number of carbonyl (C=O) groups is 1. The molecule has 0 radical (unpaired) electrons. The van der Waals surface area contributed by atoms with E-state index in [1.165, 1.54) is 0 Å². The van der Waals surface area contributed by atoms with Crippen LogP contribution in [0.2, 0.25) is 0 Å². The van der Waals surface area contributed by atoms with Gasteiger partial charge in [-0.05, 0) is 49.0 Å². The van der Waals surface area contributed by atoms with Crippen molar-refractivity contribution in [3.63, 3.8) is 0 Å². The minimum Gasteiger partial charge on any atom is -0.323 e. The molecule has 2 aromatic rings. The minimum atomic E-state index is -0.627. The fourth-order valence-corrected chi connectivity index (χ4v) is 1.98. The first kappa shape index (κ1) is 14.0. The molecule has 0 atom stereocenters. The molecule has 4 nitrogen and oxygen atoms in total. The Morgan fingerprint density at radius 1 is 1.37 bits per heavy atom. The summed E-state index contributed by atoms with van der Waals surface area (Å²) in [5.41, 5.74) is 0.877. The molecule has 0 unspecified atom stereocenters. The highest BCUT2D eigenvalue weighted by atomic mass is 79.9. The monoisotopic (exact) mass is 321 g/mol. The molecule has 0 saturated carbocycles. The quantitative estimate of drug-likeness (QED) is 0.913. The Bertz CT molecular complexity index is 625. The molecule has 1 aromatic heterocycles. The van der Waals surface area contributed by atoms with Crippen LogP contribution in [0.3, 0.4) is 0 Å². The third-order valence-electron chi connectivity index (χ3n) is 3.12. The van der Waals surface area contributed by atoms with E-state index < -0.39 is 5.54 Å². The Morgan fingerprint density at radius 3 is 2.79 bits per heavy atom. The topological polar surface area (TPSA) is 54.0 Å². The molecule has 1 amide bonds. The molecule has 5 heteroatoms. The van der Waals surface area contributed by atoms with Gasteiger partial charge in [-0.15, -0.1) is 0 Å². The van der Waals surface area contributed by atoms with Crippen LogP contribution in [0.1, 0.15) is 13.8 Å². The summed E-state index contributed by atoms with van der Waals surface area (Å²) in [7, 11) is 1.76. The average Bonchev–Trinajstić information content (AvgIpc) is 2.38. The summed E-state index contributed by atoms with van der Waals surface area (Å²) in [6, 6.07) is 7.69. The van der Waals surface area contributed by atoms with Gasteiger partial charge < -0.3 is 10.6 Å². The number of amides is 1. The summed E-state index contributed by atoms with van der Waals surface area (Å²) >= 11 is 3.39. The summed E-state index contributed by atoms with van der Waals surface area (Å²) in [6.45, 7) is 3.66. The summed E-state index contributed by atoms with van der Waals surface area (Å²) in [6.07, 6.45) is 1.72. The Morgan fingerprint density at radius 2 is 2.11 bits per heavy atom. The highest BCUT2D eigenvalue weighted by Gasteiger charge is 2.25. The number of hydrogen-bond acceptors (Lipinski definition) is 3. The lowest BCUT2D eigenvalue weighted by Crippen LogP contribution is -2.47. The number of aromatic nitrogens is 1. The van der Waals surface area contributed by atoms with Gasteiger partial charge in [-0.1, -0.05) is 12.1 Å². The number of para-hydroxylation sites is 1. The van der Waals surface area contributed by atoms with E-state index in [1.807, 2.05) is 38.1 Å². The van der Waals surface area contributed by atoms with Crippen LogP contribution in [-0.2, 0) is 4.79 Å². The van der Waals surface area contributed by atoms with E-state index in [-0.39, 0.29) is 5.91 Å². The third kappa shape index (κ3) is 2.93. The zero-order valence-corrected chi connectivity index (χ0v) is 12.7. The maximum atomic E-state index is 12.2. The van der Waals surface area contributed by atoms with Crippen LogP contribution >= 0.6 is 15.9 Å². The number of nitrogens with one attached hydrogen (secondary N) is 2. The second-order valence-corrected chi connectivity index (χ2v) is 5.78. The van der Waals surface area contributed by atoms with Gasteiger partial charge in [0.25, 0.3) is 0 Å². The number of fused-ring (bicyclic) bond motifs is 1. The zero-order chi connectivity index (χ0) is 14.0. The van der Waals surface area contributed by atoms with Crippen molar-refractivity contribution in [2.24, 2.45) is 0 Å². The average molecular weight is 322 g/mol. The molecule has 0 fully saturated rings. The van der Waals surface area contributed by atoms with Crippen LogP contribution in [0, 0.1) is 0 Å². The van der Waals surface area contributed by atoms with Crippen LogP contribution in [0.25, 0.3) is 10.9 Å². The Kier molecular flexibility index (Phi) is 3.87. The van der Waals surface area contributed by atoms with Gasteiger partial charge in [-0.25, -0.2) is 0 Å². The maximum Gasteiger partial charge on any atom is 0.244 e. The fourth-order valence-electron chi connectivity index (χ4n) is 1.63. The van der Waals surface area contributed by atoms with E-state index in [0.29, 0.717) is 0 Å². The molecule has 2 N–H and O–H groups in total. The lowest BCUT2D eigenvalue weighted by Gasteiger charge is -2.23. The van der Waals surface area contributed by atoms with Gasteiger partial charge in [0.05, 0.1) is 16.7 Å². The normalized spacial score (nSPS) is 11.6. The van der Waals surface area contributed by atoms with Crippen molar-refractivity contribution in [1.82, 2.24) is 10.3 Å². The van der Waals surface area contributed by atoms with E-state index >= 15 is 0 Å². The standard InChI is InChI=1S/C14H16BrN3O/c1-14(2,16-3)13(19)18-11-6-4-5-9-7-10(15)8-17-12(9)11/h4-8,16H,1-3H3,(H,18,19). The first-order valence-corrected chi connectivity index (χ1v) is 6.78. The van der Waals surface area contributed by atoms with Gasteiger partial charge in [0, 0.05) is 16.1 Å². The second-order valence-electron chi connectivity index (χ2n) is 4.86. The summed E-state index contributed by atoms with van der Waals surface area (Å²) < 4.78 is 0.916. The Balaban J connectivity index is 2.39. The Labute approximate surface area is 120 Å². The molecule has 0 aliphatic carbocycles. The molecule has 1 aromatic carbocycles. The van der Waals surface area contributed by atoms with Gasteiger partial charge in [-0.3, -0.25) is 9.78 Å². The van der Waals surface area contributed by atoms with Gasteiger partial charge in [0.15, 0.2) is 0 Å². The number of hydrogen-bond donors (Lipinski definition) is 2. The third-order valence-corrected chi connectivity index (χ3v) is 3.55. The number of pyridine rings is 1. The van der Waals surface area contributed by atoms with Crippen molar-refractivity contribution in [2.75, 3.05) is 12.4 Å². The lowest BCUT2D eigenvalue weighted by molar-refractivity contribution is -0.121. The van der Waals surface area contributed by atoms with Crippen molar-refractivity contribution in [3.05, 3.63) is 34.9 Å². The highest BCUT2D eigenvalue weighted by Crippen LogP contribution is 2.24. The smallest absolute Gasteiger partial charge is 0.244 e. The lowest BCUT2D eigenvalue weighted by atomic mass is 10.0. The van der Waals surface area contributed by atoms with Gasteiger partial charge in [0.1, 0.15) is 0 Å². The number of carbonyl (C=O) groups excluding carboxylic acids is 1. The number of anilines is 1. The molecule has 0 spiro atoms. The van der Waals surface area contributed by atoms with Crippen LogP contribution in [-0.4, -0.2) is 23.5 Å².